The summed E-state index contributed by atoms with van der Waals surface area (Å²) >= 11 is 0. The molecule has 2 heterocycles. The lowest BCUT2D eigenvalue weighted by Crippen LogP contribution is -2.59. The van der Waals surface area contributed by atoms with Gasteiger partial charge in [-0.05, 0) is 12.8 Å². The summed E-state index contributed by atoms with van der Waals surface area (Å²) in [5, 5.41) is 7.21. The monoisotopic (exact) mass is 398 g/mol. The van der Waals surface area contributed by atoms with Gasteiger partial charge in [-0.25, -0.2) is 0 Å². The van der Waals surface area contributed by atoms with E-state index in [1.165, 1.54) is 19.3 Å². The van der Waals surface area contributed by atoms with Gasteiger partial charge in [0.1, 0.15) is 0 Å². The van der Waals surface area contributed by atoms with Gasteiger partial charge in [-0.2, -0.15) is 4.98 Å². The predicted molar refractivity (Wildman–Crippen MR) is 109 cm³/mol. The summed E-state index contributed by atoms with van der Waals surface area (Å²) < 4.78 is 10.8. The summed E-state index contributed by atoms with van der Waals surface area (Å²) in [5.74, 6) is 1.11. The predicted octanol–water partition coefficient (Wildman–Crippen LogP) is 2.82. The van der Waals surface area contributed by atoms with Crippen LogP contribution in [0.3, 0.4) is 0 Å². The van der Waals surface area contributed by atoms with E-state index in [2.05, 4.69) is 20.4 Å². The maximum atomic E-state index is 12.5. The minimum Gasteiger partial charge on any atom is -0.379 e. The van der Waals surface area contributed by atoms with Crippen LogP contribution in [0.25, 0.3) is 11.4 Å². The Bertz CT molecular complexity index is 780. The molecule has 29 heavy (non-hydrogen) atoms. The first kappa shape index (κ1) is 20.0. The van der Waals surface area contributed by atoms with Gasteiger partial charge in [0.25, 0.3) is 0 Å². The number of benzene rings is 1. The maximum Gasteiger partial charge on any atom is 0.227 e. The van der Waals surface area contributed by atoms with E-state index in [4.69, 9.17) is 9.26 Å². The second-order valence-corrected chi connectivity index (χ2v) is 8.04. The quantitative estimate of drug-likeness (QED) is 0.773. The van der Waals surface area contributed by atoms with Gasteiger partial charge >= 0.3 is 0 Å². The first-order valence-electron chi connectivity index (χ1n) is 10.7. The smallest absolute Gasteiger partial charge is 0.227 e. The van der Waals surface area contributed by atoms with E-state index in [0.717, 1.165) is 44.7 Å². The van der Waals surface area contributed by atoms with Crippen molar-refractivity contribution in [2.75, 3.05) is 32.8 Å². The number of ether oxygens (including phenoxy) is 1. The van der Waals surface area contributed by atoms with Crippen LogP contribution < -0.4 is 5.32 Å². The standard InChI is InChI=1S/C22H30N4O3/c27-19(9-10-20-24-21(25-29-20)18-7-3-1-4-8-18)23-17-22(11-5-2-6-12-22)26-13-15-28-16-14-26/h1,3-4,7-8H,2,5-6,9-17H2,(H,23,27). The molecule has 1 saturated carbocycles. The number of morpholine rings is 1. The zero-order chi connectivity index (χ0) is 19.9. The third-order valence-corrected chi connectivity index (χ3v) is 6.15. The van der Waals surface area contributed by atoms with Gasteiger partial charge in [0.2, 0.25) is 17.6 Å². The second kappa shape index (κ2) is 9.50. The van der Waals surface area contributed by atoms with Crippen molar-refractivity contribution < 1.29 is 14.1 Å². The molecule has 156 valence electrons. The van der Waals surface area contributed by atoms with E-state index in [1.54, 1.807) is 0 Å². The molecule has 0 unspecified atom stereocenters. The number of hydrogen-bond acceptors (Lipinski definition) is 6. The van der Waals surface area contributed by atoms with Crippen LogP contribution in [0, 0.1) is 0 Å². The lowest BCUT2D eigenvalue weighted by molar-refractivity contribution is -0.122. The van der Waals surface area contributed by atoms with Gasteiger partial charge in [0.15, 0.2) is 0 Å². The van der Waals surface area contributed by atoms with E-state index in [9.17, 15) is 4.79 Å². The Kier molecular flexibility index (Phi) is 6.56. The lowest BCUT2D eigenvalue weighted by Gasteiger charge is -2.48. The average Bonchev–Trinajstić information content (AvgIpc) is 3.27. The van der Waals surface area contributed by atoms with E-state index in [0.29, 0.717) is 31.1 Å². The fraction of sp³-hybridized carbons (Fsp3) is 0.591. The van der Waals surface area contributed by atoms with Crippen LogP contribution in [0.5, 0.6) is 0 Å². The van der Waals surface area contributed by atoms with Gasteiger partial charge in [-0.3, -0.25) is 9.69 Å². The van der Waals surface area contributed by atoms with Gasteiger partial charge in [0, 0.05) is 43.6 Å². The maximum absolute atomic E-state index is 12.5. The van der Waals surface area contributed by atoms with E-state index in [1.807, 2.05) is 30.3 Å². The summed E-state index contributed by atoms with van der Waals surface area (Å²) in [4.78, 5) is 19.5. The number of amides is 1. The van der Waals surface area contributed by atoms with Crippen molar-refractivity contribution in [1.29, 1.82) is 0 Å². The molecule has 1 saturated heterocycles. The summed E-state index contributed by atoms with van der Waals surface area (Å²) in [6, 6.07) is 9.71. The summed E-state index contributed by atoms with van der Waals surface area (Å²) in [5.41, 5.74) is 1.000. The molecular weight excluding hydrogens is 368 g/mol. The van der Waals surface area contributed by atoms with E-state index >= 15 is 0 Å². The normalized spacial score (nSPS) is 19.7. The molecule has 0 radical (unpaired) electrons. The molecule has 1 aliphatic carbocycles. The molecule has 7 nitrogen and oxygen atoms in total. The molecule has 2 fully saturated rings. The van der Waals surface area contributed by atoms with Crippen LogP contribution >= 0.6 is 0 Å². The van der Waals surface area contributed by atoms with Gasteiger partial charge < -0.3 is 14.6 Å². The first-order valence-corrected chi connectivity index (χ1v) is 10.7. The highest BCUT2D eigenvalue weighted by atomic mass is 16.5. The van der Waals surface area contributed by atoms with E-state index in [-0.39, 0.29) is 11.4 Å². The van der Waals surface area contributed by atoms with Crippen molar-refractivity contribution >= 4 is 5.91 Å². The molecule has 7 heteroatoms. The van der Waals surface area contributed by atoms with Crippen LogP contribution in [0.4, 0.5) is 0 Å². The molecule has 2 aliphatic rings. The molecule has 1 amide bonds. The SMILES string of the molecule is O=C(CCc1nc(-c2ccccc2)no1)NCC1(N2CCOCC2)CCCCC1. The Hall–Kier alpha value is -2.25. The third kappa shape index (κ3) is 5.03. The highest BCUT2D eigenvalue weighted by molar-refractivity contribution is 5.76. The number of aryl methyl sites for hydroxylation is 1. The Morgan fingerprint density at radius 2 is 1.86 bits per heavy atom. The molecule has 2 aromatic rings. The van der Waals surface area contributed by atoms with Gasteiger partial charge in [0.05, 0.1) is 13.2 Å². The molecular formula is C22H30N4O3. The number of nitrogens with zero attached hydrogens (tertiary/aromatic N) is 3. The first-order chi connectivity index (χ1) is 14.3. The minimum absolute atomic E-state index is 0.0441. The number of carbonyl (C=O) groups is 1. The van der Waals surface area contributed by atoms with Crippen molar-refractivity contribution in [2.45, 2.75) is 50.5 Å². The summed E-state index contributed by atoms with van der Waals surface area (Å²) in [6.07, 6.45) is 6.87. The van der Waals surface area contributed by atoms with Crippen LogP contribution in [0.1, 0.15) is 44.4 Å². The van der Waals surface area contributed by atoms with Crippen molar-refractivity contribution in [3.8, 4) is 11.4 Å². The molecule has 1 aromatic heterocycles. The van der Waals surface area contributed by atoms with Crippen LogP contribution in [0.15, 0.2) is 34.9 Å². The molecule has 0 bridgehead atoms. The largest absolute Gasteiger partial charge is 0.379 e. The van der Waals surface area contributed by atoms with Crippen molar-refractivity contribution in [3.05, 3.63) is 36.2 Å². The number of hydrogen-bond donors (Lipinski definition) is 1. The molecule has 0 atom stereocenters. The fourth-order valence-corrected chi connectivity index (χ4v) is 4.49. The van der Waals surface area contributed by atoms with Crippen LogP contribution in [-0.2, 0) is 16.0 Å². The zero-order valence-corrected chi connectivity index (χ0v) is 16.9. The number of aromatic nitrogens is 2. The number of nitrogens with one attached hydrogen (secondary N) is 1. The van der Waals surface area contributed by atoms with Crippen molar-refractivity contribution in [3.63, 3.8) is 0 Å². The molecule has 4 rings (SSSR count). The average molecular weight is 399 g/mol. The van der Waals surface area contributed by atoms with Gasteiger partial charge in [-0.15, -0.1) is 0 Å². The molecule has 1 aromatic carbocycles. The van der Waals surface area contributed by atoms with E-state index < -0.39 is 0 Å². The van der Waals surface area contributed by atoms with Crippen LogP contribution in [0.2, 0.25) is 0 Å². The van der Waals surface area contributed by atoms with Crippen molar-refractivity contribution in [1.82, 2.24) is 20.4 Å². The molecule has 1 aliphatic heterocycles. The summed E-state index contributed by atoms with van der Waals surface area (Å²) in [7, 11) is 0. The third-order valence-electron chi connectivity index (χ3n) is 6.15. The minimum atomic E-state index is 0.0441. The highest BCUT2D eigenvalue weighted by Crippen LogP contribution is 2.33. The lowest BCUT2D eigenvalue weighted by atomic mass is 9.79. The topological polar surface area (TPSA) is 80.5 Å². The Labute approximate surface area is 171 Å². The summed E-state index contributed by atoms with van der Waals surface area (Å²) in [6.45, 7) is 4.21. The Morgan fingerprint density at radius 1 is 1.10 bits per heavy atom. The Morgan fingerprint density at radius 3 is 2.62 bits per heavy atom. The molecule has 1 N–H and O–H groups in total. The van der Waals surface area contributed by atoms with Crippen molar-refractivity contribution in [2.24, 2.45) is 0 Å². The molecule has 0 spiro atoms. The fourth-order valence-electron chi connectivity index (χ4n) is 4.49. The Balaban J connectivity index is 1.29. The van der Waals surface area contributed by atoms with Gasteiger partial charge in [-0.1, -0.05) is 54.8 Å². The number of rotatable bonds is 7. The highest BCUT2D eigenvalue weighted by Gasteiger charge is 2.38. The number of carbonyl (C=O) groups excluding carboxylic acids is 1. The second-order valence-electron chi connectivity index (χ2n) is 8.04. The zero-order valence-electron chi connectivity index (χ0n) is 16.9. The van der Waals surface area contributed by atoms with Crippen LogP contribution in [-0.4, -0.2) is 59.3 Å².